The Balaban J connectivity index is 1.73. The van der Waals surface area contributed by atoms with E-state index in [-0.39, 0.29) is 6.04 Å². The Morgan fingerprint density at radius 2 is 1.89 bits per heavy atom. The zero-order chi connectivity index (χ0) is 13.5. The number of carbonyl (C=O) groups excluding carboxylic acids is 1. The Morgan fingerprint density at radius 1 is 1.11 bits per heavy atom. The first-order valence-corrected chi connectivity index (χ1v) is 8.06. The number of amides is 1. The van der Waals surface area contributed by atoms with Crippen molar-refractivity contribution in [2.45, 2.75) is 51.5 Å². The lowest BCUT2D eigenvalue weighted by Gasteiger charge is -2.35. The third kappa shape index (κ3) is 4.46. The van der Waals surface area contributed by atoms with Gasteiger partial charge >= 0.3 is 0 Å². The fraction of sp³-hybridized carbons (Fsp3) is 0.933. The third-order valence-corrected chi connectivity index (χ3v) is 4.31. The van der Waals surface area contributed by atoms with Gasteiger partial charge in [-0.25, -0.2) is 0 Å². The lowest BCUT2D eigenvalue weighted by Crippen LogP contribution is -2.52. The molecular formula is C15H29N3O. The summed E-state index contributed by atoms with van der Waals surface area (Å²) in [6.45, 7) is 8.48. The van der Waals surface area contributed by atoms with Crippen molar-refractivity contribution in [3.63, 3.8) is 0 Å². The highest BCUT2D eigenvalue weighted by Gasteiger charge is 2.28. The number of rotatable bonds is 6. The van der Waals surface area contributed by atoms with E-state index in [4.69, 9.17) is 0 Å². The molecular weight excluding hydrogens is 238 g/mol. The summed E-state index contributed by atoms with van der Waals surface area (Å²) in [5.74, 6) is 0.330. The van der Waals surface area contributed by atoms with E-state index in [0.29, 0.717) is 5.91 Å². The normalized spacial score (nSPS) is 25.8. The average molecular weight is 267 g/mol. The van der Waals surface area contributed by atoms with Crippen LogP contribution in [0.15, 0.2) is 0 Å². The van der Waals surface area contributed by atoms with Crippen molar-refractivity contribution in [3.05, 3.63) is 0 Å². The van der Waals surface area contributed by atoms with Gasteiger partial charge < -0.3 is 15.1 Å². The molecule has 0 aromatic heterocycles. The van der Waals surface area contributed by atoms with Crippen LogP contribution in [0.5, 0.6) is 0 Å². The van der Waals surface area contributed by atoms with Gasteiger partial charge in [-0.05, 0) is 51.7 Å². The van der Waals surface area contributed by atoms with Crippen LogP contribution >= 0.6 is 0 Å². The molecule has 0 aromatic carbocycles. The predicted molar refractivity (Wildman–Crippen MR) is 78.2 cm³/mol. The molecule has 2 aliphatic heterocycles. The minimum Gasteiger partial charge on any atom is -0.340 e. The van der Waals surface area contributed by atoms with Crippen molar-refractivity contribution in [2.24, 2.45) is 0 Å². The number of nitrogens with one attached hydrogen (secondary N) is 1. The van der Waals surface area contributed by atoms with E-state index in [1.165, 1.54) is 32.4 Å². The van der Waals surface area contributed by atoms with Crippen molar-refractivity contribution in [3.8, 4) is 0 Å². The zero-order valence-electron chi connectivity index (χ0n) is 12.4. The first-order valence-electron chi connectivity index (χ1n) is 8.06. The molecule has 4 heteroatoms. The Kier molecular flexibility index (Phi) is 6.11. The summed E-state index contributed by atoms with van der Waals surface area (Å²) in [6.07, 6.45) is 7.29. The van der Waals surface area contributed by atoms with E-state index in [1.807, 2.05) is 0 Å². The third-order valence-electron chi connectivity index (χ3n) is 4.31. The van der Waals surface area contributed by atoms with Crippen LogP contribution in [0.3, 0.4) is 0 Å². The molecule has 2 aliphatic rings. The number of hydrogen-bond acceptors (Lipinski definition) is 3. The molecule has 1 N–H and O–H groups in total. The second-order valence-electron chi connectivity index (χ2n) is 5.88. The van der Waals surface area contributed by atoms with Gasteiger partial charge in [0.05, 0.1) is 6.04 Å². The highest BCUT2D eigenvalue weighted by molar-refractivity contribution is 5.82. The number of carbonyl (C=O) groups is 1. The van der Waals surface area contributed by atoms with Crippen molar-refractivity contribution < 1.29 is 4.79 Å². The van der Waals surface area contributed by atoms with Gasteiger partial charge in [0.15, 0.2) is 0 Å². The van der Waals surface area contributed by atoms with Crippen LogP contribution in [0.25, 0.3) is 0 Å². The number of nitrogens with zero attached hydrogens (tertiary/aromatic N) is 2. The maximum absolute atomic E-state index is 12.3. The van der Waals surface area contributed by atoms with Crippen LogP contribution in [-0.2, 0) is 4.79 Å². The summed E-state index contributed by atoms with van der Waals surface area (Å²) >= 11 is 0. The van der Waals surface area contributed by atoms with Gasteiger partial charge in [0.25, 0.3) is 0 Å². The number of hydrogen-bond donors (Lipinski definition) is 1. The van der Waals surface area contributed by atoms with Gasteiger partial charge in [0.2, 0.25) is 5.91 Å². The maximum atomic E-state index is 12.3. The quantitative estimate of drug-likeness (QED) is 0.791. The van der Waals surface area contributed by atoms with Crippen molar-refractivity contribution >= 4 is 5.91 Å². The van der Waals surface area contributed by atoms with Crippen molar-refractivity contribution in [1.82, 2.24) is 15.1 Å². The van der Waals surface area contributed by atoms with Gasteiger partial charge in [-0.15, -0.1) is 0 Å². The second-order valence-corrected chi connectivity index (χ2v) is 5.88. The fourth-order valence-electron chi connectivity index (χ4n) is 3.12. The summed E-state index contributed by atoms with van der Waals surface area (Å²) in [6, 6.07) is 0.0788. The number of piperidine rings is 2. The Morgan fingerprint density at radius 3 is 2.63 bits per heavy atom. The van der Waals surface area contributed by atoms with Crippen LogP contribution in [0.4, 0.5) is 0 Å². The summed E-state index contributed by atoms with van der Waals surface area (Å²) < 4.78 is 0. The van der Waals surface area contributed by atoms with Crippen LogP contribution in [0.2, 0.25) is 0 Å². The first kappa shape index (κ1) is 14.8. The smallest absolute Gasteiger partial charge is 0.239 e. The molecule has 2 rings (SSSR count). The molecule has 1 atom stereocenters. The van der Waals surface area contributed by atoms with Crippen LogP contribution in [-0.4, -0.2) is 61.0 Å². The molecule has 0 spiro atoms. The van der Waals surface area contributed by atoms with Crippen molar-refractivity contribution in [1.29, 1.82) is 0 Å². The van der Waals surface area contributed by atoms with Crippen LogP contribution in [0.1, 0.15) is 45.4 Å². The lowest BCUT2D eigenvalue weighted by molar-refractivity contribution is -0.136. The van der Waals surface area contributed by atoms with E-state index >= 15 is 0 Å². The van der Waals surface area contributed by atoms with Crippen LogP contribution in [0, 0.1) is 0 Å². The van der Waals surface area contributed by atoms with Gasteiger partial charge in [-0.3, -0.25) is 4.79 Å². The highest BCUT2D eigenvalue weighted by atomic mass is 16.2. The predicted octanol–water partition coefficient (Wildman–Crippen LogP) is 1.46. The molecule has 0 aromatic rings. The van der Waals surface area contributed by atoms with E-state index in [9.17, 15) is 4.79 Å². The molecule has 2 fully saturated rings. The fourth-order valence-corrected chi connectivity index (χ4v) is 3.12. The second kappa shape index (κ2) is 7.85. The maximum Gasteiger partial charge on any atom is 0.239 e. The van der Waals surface area contributed by atoms with Gasteiger partial charge in [-0.2, -0.15) is 0 Å². The van der Waals surface area contributed by atoms with Gasteiger partial charge in [0, 0.05) is 19.6 Å². The molecule has 0 saturated carbocycles. The first-order chi connectivity index (χ1) is 9.31. The molecule has 1 amide bonds. The summed E-state index contributed by atoms with van der Waals surface area (Å²) in [4.78, 5) is 16.9. The van der Waals surface area contributed by atoms with E-state index in [1.54, 1.807) is 0 Å². The lowest BCUT2D eigenvalue weighted by atomic mass is 10.0. The zero-order valence-corrected chi connectivity index (χ0v) is 12.4. The topological polar surface area (TPSA) is 35.6 Å². The standard InChI is InChI=1S/C15H29N3O/c1-2-8-16-14-7-6-11-18(15(14)19)13-12-17-9-4-3-5-10-17/h14,16H,2-13H2,1H3. The largest absolute Gasteiger partial charge is 0.340 e. The SMILES string of the molecule is CCCNC1CCCN(CCN2CCCCC2)C1=O. The Hall–Kier alpha value is -0.610. The minimum atomic E-state index is 0.0788. The van der Waals surface area contributed by atoms with Gasteiger partial charge in [-0.1, -0.05) is 13.3 Å². The molecule has 1 unspecified atom stereocenters. The average Bonchev–Trinajstić information content (AvgIpc) is 2.46. The molecule has 0 bridgehead atoms. The van der Waals surface area contributed by atoms with E-state index in [2.05, 4.69) is 22.0 Å². The molecule has 0 radical (unpaired) electrons. The number of likely N-dealkylation sites (tertiary alicyclic amines) is 2. The van der Waals surface area contributed by atoms with E-state index in [0.717, 1.165) is 45.4 Å². The van der Waals surface area contributed by atoms with E-state index < -0.39 is 0 Å². The Labute approximate surface area is 117 Å². The van der Waals surface area contributed by atoms with Gasteiger partial charge in [0.1, 0.15) is 0 Å². The highest BCUT2D eigenvalue weighted by Crippen LogP contribution is 2.13. The monoisotopic (exact) mass is 267 g/mol. The molecule has 0 aliphatic carbocycles. The summed E-state index contributed by atoms with van der Waals surface area (Å²) in [7, 11) is 0. The Bertz CT molecular complexity index is 277. The molecule has 110 valence electrons. The molecule has 4 nitrogen and oxygen atoms in total. The van der Waals surface area contributed by atoms with Crippen LogP contribution < -0.4 is 5.32 Å². The molecule has 2 saturated heterocycles. The summed E-state index contributed by atoms with van der Waals surface area (Å²) in [5, 5.41) is 3.38. The molecule has 19 heavy (non-hydrogen) atoms. The minimum absolute atomic E-state index is 0.0788. The summed E-state index contributed by atoms with van der Waals surface area (Å²) in [5.41, 5.74) is 0. The van der Waals surface area contributed by atoms with Crippen molar-refractivity contribution in [2.75, 3.05) is 39.3 Å². The molecule has 2 heterocycles.